The second kappa shape index (κ2) is 6.20. The highest BCUT2D eigenvalue weighted by Crippen LogP contribution is 2.23. The first-order valence-electron chi connectivity index (χ1n) is 5.39. The Morgan fingerprint density at radius 2 is 1.59 bits per heavy atom. The third kappa shape index (κ3) is 7.17. The first-order valence-corrected chi connectivity index (χ1v) is 5.39. The molecule has 102 valence electrons. The molecule has 0 radical (unpaired) electrons. The molecule has 0 bridgehead atoms. The molecule has 1 aliphatic rings. The molecule has 0 aromatic rings. The van der Waals surface area contributed by atoms with Gasteiger partial charge in [-0.15, -0.1) is 0 Å². The number of rotatable bonds is 1. The average Bonchev–Trinajstić information content (AvgIpc) is 2.17. The minimum atomic E-state index is -5.19. The molecule has 0 saturated heterocycles. The molecule has 7 heteroatoms. The number of alkyl halides is 3. The van der Waals surface area contributed by atoms with Crippen molar-refractivity contribution >= 4 is 5.97 Å². The summed E-state index contributed by atoms with van der Waals surface area (Å²) in [5, 5.41) is 18.4. The lowest BCUT2D eigenvalue weighted by Gasteiger charge is -2.32. The Hall–Kier alpha value is -0.820. The van der Waals surface area contributed by atoms with Crippen molar-refractivity contribution in [2.75, 3.05) is 14.1 Å². The van der Waals surface area contributed by atoms with Gasteiger partial charge in [0.05, 0.1) is 14.1 Å². The predicted octanol–water partition coefficient (Wildman–Crippen LogP) is 1.08. The van der Waals surface area contributed by atoms with Crippen LogP contribution in [-0.4, -0.2) is 42.1 Å². The molecule has 1 rings (SSSR count). The van der Waals surface area contributed by atoms with Crippen LogP contribution in [0.2, 0.25) is 0 Å². The molecule has 4 nitrogen and oxygen atoms in total. The van der Waals surface area contributed by atoms with Crippen LogP contribution in [0.1, 0.15) is 32.1 Å². The van der Waals surface area contributed by atoms with E-state index in [4.69, 9.17) is 9.90 Å². The summed E-state index contributed by atoms with van der Waals surface area (Å²) in [6, 6.07) is 0.494. The Balaban J connectivity index is 0.000000325. The number of carbonyl (C=O) groups excluding carboxylic acids is 1. The van der Waals surface area contributed by atoms with E-state index in [1.807, 2.05) is 14.1 Å². The topological polar surface area (TPSA) is 60.4 Å². The molecule has 1 N–H and O–H groups in total. The van der Waals surface area contributed by atoms with Crippen molar-refractivity contribution in [2.45, 2.75) is 44.3 Å². The summed E-state index contributed by atoms with van der Waals surface area (Å²) in [5.41, 5.74) is 0. The molecule has 0 aromatic heterocycles. The van der Waals surface area contributed by atoms with E-state index in [2.05, 4.69) is 0 Å². The number of aliphatic carboxylic acids is 1. The number of hydroxylamine groups is 3. The molecular formula is C10H18F3NO3. The maximum atomic E-state index is 10.5. The van der Waals surface area contributed by atoms with E-state index < -0.39 is 12.1 Å². The average molecular weight is 257 g/mol. The van der Waals surface area contributed by atoms with Crippen LogP contribution in [0.25, 0.3) is 0 Å². The Morgan fingerprint density at radius 1 is 1.24 bits per heavy atom. The summed E-state index contributed by atoms with van der Waals surface area (Å²) >= 11 is 0. The zero-order chi connectivity index (χ0) is 13.7. The Bertz CT molecular complexity index is 242. The van der Waals surface area contributed by atoms with Crippen LogP contribution in [0.3, 0.4) is 0 Å². The quantitative estimate of drug-likeness (QED) is 0.565. The van der Waals surface area contributed by atoms with Gasteiger partial charge >= 0.3 is 6.18 Å². The molecular weight excluding hydrogens is 239 g/mol. The summed E-state index contributed by atoms with van der Waals surface area (Å²) < 4.78 is 31.7. The van der Waals surface area contributed by atoms with Gasteiger partial charge in [0, 0.05) is 12.8 Å². The third-order valence-electron chi connectivity index (χ3n) is 2.70. The van der Waals surface area contributed by atoms with Crippen LogP contribution in [0.5, 0.6) is 0 Å². The number of carboxylic acids is 1. The van der Waals surface area contributed by atoms with Crippen molar-refractivity contribution in [3.63, 3.8) is 0 Å². The SMILES string of the molecule is C[N+](C)(O)C1CCCCC1.O=C([O-])C(F)(F)F. The van der Waals surface area contributed by atoms with Gasteiger partial charge in [0.25, 0.3) is 0 Å². The summed E-state index contributed by atoms with van der Waals surface area (Å²) in [5.74, 6) is -3.01. The van der Waals surface area contributed by atoms with Crippen LogP contribution in [0.15, 0.2) is 0 Å². The van der Waals surface area contributed by atoms with Crippen molar-refractivity contribution in [3.8, 4) is 0 Å². The lowest BCUT2D eigenvalue weighted by Crippen LogP contribution is -2.46. The van der Waals surface area contributed by atoms with Gasteiger partial charge in [0.2, 0.25) is 0 Å². The Labute approximate surface area is 98.2 Å². The molecule has 0 amide bonds. The van der Waals surface area contributed by atoms with Gasteiger partial charge in [0.15, 0.2) is 0 Å². The standard InChI is InChI=1S/C8H18NO.C2HF3O2/c1-9(2,10)8-6-4-3-5-7-8;3-2(4,5)1(6)7/h8,10H,3-7H2,1-2H3;(H,6,7)/q+1;/p-1. The molecule has 0 heterocycles. The summed E-state index contributed by atoms with van der Waals surface area (Å²) in [7, 11) is 3.74. The van der Waals surface area contributed by atoms with Crippen LogP contribution in [0, 0.1) is 0 Å². The smallest absolute Gasteiger partial charge is 0.430 e. The van der Waals surface area contributed by atoms with E-state index in [1.165, 1.54) is 32.1 Å². The van der Waals surface area contributed by atoms with E-state index in [1.54, 1.807) is 0 Å². The van der Waals surface area contributed by atoms with Crippen molar-refractivity contribution in [3.05, 3.63) is 0 Å². The second-order valence-corrected chi connectivity index (χ2v) is 4.56. The van der Waals surface area contributed by atoms with Crippen molar-refractivity contribution < 1.29 is 32.9 Å². The number of hydrogen-bond acceptors (Lipinski definition) is 3. The highest BCUT2D eigenvalue weighted by molar-refractivity contribution is 5.70. The lowest BCUT2D eigenvalue weighted by atomic mass is 9.94. The van der Waals surface area contributed by atoms with Gasteiger partial charge in [-0.3, -0.25) is 0 Å². The summed E-state index contributed by atoms with van der Waals surface area (Å²) in [6.07, 6.45) is 1.16. The zero-order valence-corrected chi connectivity index (χ0v) is 9.96. The van der Waals surface area contributed by atoms with Gasteiger partial charge in [-0.1, -0.05) is 6.42 Å². The van der Waals surface area contributed by atoms with Crippen molar-refractivity contribution in [1.82, 2.24) is 0 Å². The third-order valence-corrected chi connectivity index (χ3v) is 2.70. The molecule has 0 unspecified atom stereocenters. The maximum Gasteiger partial charge on any atom is 0.430 e. The Kier molecular flexibility index (Phi) is 5.91. The van der Waals surface area contributed by atoms with Gasteiger partial charge < -0.3 is 9.90 Å². The van der Waals surface area contributed by atoms with Gasteiger partial charge in [-0.25, -0.2) is 5.21 Å². The summed E-state index contributed by atoms with van der Waals surface area (Å²) in [4.78, 5) is 8.78. The van der Waals surface area contributed by atoms with Crippen LogP contribution >= 0.6 is 0 Å². The fourth-order valence-electron chi connectivity index (χ4n) is 1.71. The van der Waals surface area contributed by atoms with Crippen molar-refractivity contribution in [1.29, 1.82) is 0 Å². The van der Waals surface area contributed by atoms with Crippen LogP contribution < -0.4 is 5.11 Å². The molecule has 1 aliphatic carbocycles. The first kappa shape index (κ1) is 16.2. The normalized spacial score (nSPS) is 18.2. The zero-order valence-electron chi connectivity index (χ0n) is 9.96. The van der Waals surface area contributed by atoms with Crippen LogP contribution in [-0.2, 0) is 4.79 Å². The molecule has 0 aromatic carbocycles. The number of nitrogens with zero attached hydrogens (tertiary/aromatic N) is 1. The minimum Gasteiger partial charge on any atom is -0.542 e. The highest BCUT2D eigenvalue weighted by atomic mass is 19.4. The van der Waals surface area contributed by atoms with Crippen molar-refractivity contribution in [2.24, 2.45) is 0 Å². The Morgan fingerprint density at radius 3 is 1.76 bits per heavy atom. The molecule has 1 saturated carbocycles. The molecule has 0 atom stereocenters. The van der Waals surface area contributed by atoms with Gasteiger partial charge in [-0.05, 0) is 12.8 Å². The van der Waals surface area contributed by atoms with E-state index in [0.29, 0.717) is 6.04 Å². The first-order chi connectivity index (χ1) is 7.55. The number of quaternary nitrogens is 1. The van der Waals surface area contributed by atoms with E-state index in [0.717, 1.165) is 0 Å². The molecule has 0 aliphatic heterocycles. The summed E-state index contributed by atoms with van der Waals surface area (Å²) in [6.45, 7) is 0. The number of hydrogen-bond donors (Lipinski definition) is 1. The maximum absolute atomic E-state index is 10.5. The van der Waals surface area contributed by atoms with Crippen LogP contribution in [0.4, 0.5) is 13.2 Å². The van der Waals surface area contributed by atoms with E-state index >= 15 is 0 Å². The number of carboxylic acid groups (broad SMARTS) is 1. The molecule has 1 fully saturated rings. The van der Waals surface area contributed by atoms with E-state index in [-0.39, 0.29) is 4.65 Å². The lowest BCUT2D eigenvalue weighted by molar-refractivity contribution is -1.09. The van der Waals surface area contributed by atoms with Gasteiger partial charge in [-0.2, -0.15) is 17.8 Å². The number of carbonyl (C=O) groups is 1. The second-order valence-electron chi connectivity index (χ2n) is 4.56. The molecule has 17 heavy (non-hydrogen) atoms. The number of halogens is 3. The highest BCUT2D eigenvalue weighted by Gasteiger charge is 2.29. The predicted molar refractivity (Wildman–Crippen MR) is 51.8 cm³/mol. The van der Waals surface area contributed by atoms with Gasteiger partial charge in [0.1, 0.15) is 12.0 Å². The fraction of sp³-hybridized carbons (Fsp3) is 0.900. The largest absolute Gasteiger partial charge is 0.542 e. The monoisotopic (exact) mass is 257 g/mol. The molecule has 0 spiro atoms. The minimum absolute atomic E-state index is 0.167. The fourth-order valence-corrected chi connectivity index (χ4v) is 1.71. The van der Waals surface area contributed by atoms with E-state index in [9.17, 15) is 18.4 Å².